The van der Waals surface area contributed by atoms with Crippen molar-refractivity contribution in [2.45, 2.75) is 11.3 Å². The minimum absolute atomic E-state index is 0.00344. The largest absolute Gasteiger partial charge is 0.481 e. The van der Waals surface area contributed by atoms with Crippen LogP contribution in [-0.4, -0.2) is 19.5 Å². The van der Waals surface area contributed by atoms with Gasteiger partial charge in [0.05, 0.1) is 4.90 Å². The molecule has 0 atom stereocenters. The van der Waals surface area contributed by atoms with Gasteiger partial charge < -0.3 is 5.11 Å². The zero-order valence-corrected chi connectivity index (χ0v) is 8.99. The highest BCUT2D eigenvalue weighted by Crippen LogP contribution is 2.07. The van der Waals surface area contributed by atoms with Gasteiger partial charge in [0.15, 0.2) is 0 Å². The minimum Gasteiger partial charge on any atom is -0.481 e. The second kappa shape index (κ2) is 4.79. The van der Waals surface area contributed by atoms with Gasteiger partial charge in [0.1, 0.15) is 6.42 Å². The van der Waals surface area contributed by atoms with Gasteiger partial charge in [0, 0.05) is 5.56 Å². The first kappa shape index (κ1) is 12.2. The molecule has 16 heavy (non-hydrogen) atoms. The van der Waals surface area contributed by atoms with Crippen LogP contribution in [-0.2, 0) is 14.8 Å². The summed E-state index contributed by atoms with van der Waals surface area (Å²) < 4.78 is 21.8. The molecule has 0 fully saturated rings. The van der Waals surface area contributed by atoms with E-state index in [1.807, 2.05) is 0 Å². The van der Waals surface area contributed by atoms with Crippen LogP contribution < -0.4 is 5.14 Å². The third kappa shape index (κ3) is 3.73. The lowest BCUT2D eigenvalue weighted by Gasteiger charge is -1.96. The standard InChI is InChI=1S/C10H9NO4S/c11-16(14,15)9-6-4-8(5-7-9)2-1-3-10(12)13/h4-7H,3H2,(H,12,13)(H2,11,14,15). The molecule has 6 heteroatoms. The Morgan fingerprint density at radius 2 is 1.88 bits per heavy atom. The Bertz CT molecular complexity index is 549. The molecule has 0 heterocycles. The zero-order chi connectivity index (χ0) is 12.2. The van der Waals surface area contributed by atoms with Crippen molar-refractivity contribution in [3.63, 3.8) is 0 Å². The van der Waals surface area contributed by atoms with Crippen LogP contribution in [0.5, 0.6) is 0 Å². The first-order valence-electron chi connectivity index (χ1n) is 4.23. The second-order valence-electron chi connectivity index (χ2n) is 2.94. The number of carbonyl (C=O) groups is 1. The molecule has 1 rings (SSSR count). The molecule has 84 valence electrons. The average Bonchev–Trinajstić information content (AvgIpc) is 2.16. The fraction of sp³-hybridized carbons (Fsp3) is 0.100. The molecule has 1 aromatic carbocycles. The Balaban J connectivity index is 2.87. The van der Waals surface area contributed by atoms with E-state index in [4.69, 9.17) is 10.2 Å². The molecule has 0 saturated carbocycles. The van der Waals surface area contributed by atoms with Crippen LogP contribution in [0.4, 0.5) is 0 Å². The van der Waals surface area contributed by atoms with E-state index in [9.17, 15) is 13.2 Å². The molecule has 0 aliphatic heterocycles. The number of hydrogen-bond donors (Lipinski definition) is 2. The number of carboxylic acid groups (broad SMARTS) is 1. The summed E-state index contributed by atoms with van der Waals surface area (Å²) in [5, 5.41) is 13.2. The number of sulfonamides is 1. The number of aliphatic carboxylic acids is 1. The van der Waals surface area contributed by atoms with E-state index in [0.29, 0.717) is 5.56 Å². The topological polar surface area (TPSA) is 97.5 Å². The first-order valence-corrected chi connectivity index (χ1v) is 5.78. The van der Waals surface area contributed by atoms with E-state index in [1.54, 1.807) is 0 Å². The van der Waals surface area contributed by atoms with Gasteiger partial charge in [-0.3, -0.25) is 4.79 Å². The van der Waals surface area contributed by atoms with Gasteiger partial charge in [0.2, 0.25) is 10.0 Å². The van der Waals surface area contributed by atoms with E-state index < -0.39 is 16.0 Å². The molecule has 0 radical (unpaired) electrons. The molecule has 0 aromatic heterocycles. The maximum Gasteiger partial charge on any atom is 0.315 e. The Morgan fingerprint density at radius 1 is 1.31 bits per heavy atom. The lowest BCUT2D eigenvalue weighted by molar-refractivity contribution is -0.135. The van der Waals surface area contributed by atoms with Gasteiger partial charge in [-0.25, -0.2) is 13.6 Å². The molecule has 3 N–H and O–H groups in total. The van der Waals surface area contributed by atoms with E-state index in [1.165, 1.54) is 24.3 Å². The van der Waals surface area contributed by atoms with Crippen molar-refractivity contribution in [1.82, 2.24) is 0 Å². The smallest absolute Gasteiger partial charge is 0.315 e. The van der Waals surface area contributed by atoms with Crippen molar-refractivity contribution in [3.8, 4) is 11.8 Å². The van der Waals surface area contributed by atoms with E-state index in [2.05, 4.69) is 11.8 Å². The normalized spacial score (nSPS) is 10.3. The van der Waals surface area contributed by atoms with Crippen LogP contribution in [0.25, 0.3) is 0 Å². The second-order valence-corrected chi connectivity index (χ2v) is 4.50. The van der Waals surface area contributed by atoms with Crippen LogP contribution >= 0.6 is 0 Å². The molecular formula is C10H9NO4S. The quantitative estimate of drug-likeness (QED) is 0.718. The predicted molar refractivity (Wildman–Crippen MR) is 56.9 cm³/mol. The van der Waals surface area contributed by atoms with Crippen LogP contribution in [0, 0.1) is 11.8 Å². The molecule has 0 spiro atoms. The van der Waals surface area contributed by atoms with Gasteiger partial charge in [-0.2, -0.15) is 0 Å². The van der Waals surface area contributed by atoms with Crippen LogP contribution in [0.2, 0.25) is 0 Å². The average molecular weight is 239 g/mol. The minimum atomic E-state index is -3.70. The molecule has 5 nitrogen and oxygen atoms in total. The van der Waals surface area contributed by atoms with E-state index >= 15 is 0 Å². The summed E-state index contributed by atoms with van der Waals surface area (Å²) >= 11 is 0. The highest BCUT2D eigenvalue weighted by Gasteiger charge is 2.05. The Hall–Kier alpha value is -1.84. The summed E-state index contributed by atoms with van der Waals surface area (Å²) in [5.74, 6) is 4.01. The molecule has 0 aliphatic rings. The number of hydrogen-bond acceptors (Lipinski definition) is 3. The highest BCUT2D eigenvalue weighted by atomic mass is 32.2. The summed E-state index contributed by atoms with van der Waals surface area (Å²) in [6, 6.07) is 5.57. The van der Waals surface area contributed by atoms with Crippen molar-refractivity contribution >= 4 is 16.0 Å². The van der Waals surface area contributed by atoms with Crippen molar-refractivity contribution in [2.75, 3.05) is 0 Å². The first-order chi connectivity index (χ1) is 7.39. The molecule has 1 aromatic rings. The van der Waals surface area contributed by atoms with Gasteiger partial charge in [-0.15, -0.1) is 0 Å². The monoisotopic (exact) mass is 239 g/mol. The molecule has 0 saturated heterocycles. The van der Waals surface area contributed by atoms with Gasteiger partial charge in [-0.1, -0.05) is 11.8 Å². The maximum atomic E-state index is 10.9. The fourth-order valence-corrected chi connectivity index (χ4v) is 1.47. The van der Waals surface area contributed by atoms with Gasteiger partial charge >= 0.3 is 5.97 Å². The molecule has 0 amide bonds. The summed E-state index contributed by atoms with van der Waals surface area (Å²) in [6.45, 7) is 0. The molecular weight excluding hydrogens is 230 g/mol. The van der Waals surface area contributed by atoms with Crippen molar-refractivity contribution < 1.29 is 18.3 Å². The number of primary sulfonamides is 1. The Labute approximate surface area is 92.9 Å². The van der Waals surface area contributed by atoms with Crippen molar-refractivity contribution in [1.29, 1.82) is 0 Å². The number of benzene rings is 1. The van der Waals surface area contributed by atoms with E-state index in [0.717, 1.165) is 0 Å². The number of rotatable bonds is 2. The van der Waals surface area contributed by atoms with Gasteiger partial charge in [0.25, 0.3) is 0 Å². The number of carboxylic acids is 1. The highest BCUT2D eigenvalue weighted by molar-refractivity contribution is 7.89. The third-order valence-electron chi connectivity index (χ3n) is 1.66. The zero-order valence-electron chi connectivity index (χ0n) is 8.17. The van der Waals surface area contributed by atoms with Crippen LogP contribution in [0.15, 0.2) is 29.2 Å². The van der Waals surface area contributed by atoms with Crippen LogP contribution in [0.3, 0.4) is 0 Å². The molecule has 0 aliphatic carbocycles. The Kier molecular flexibility index (Phi) is 3.66. The predicted octanol–water partition coefficient (Wildman–Crippen LogP) is 0.160. The molecule has 0 bridgehead atoms. The summed E-state index contributed by atoms with van der Waals surface area (Å²) in [6.07, 6.45) is -0.253. The third-order valence-corrected chi connectivity index (χ3v) is 2.58. The van der Waals surface area contributed by atoms with Crippen molar-refractivity contribution in [2.24, 2.45) is 5.14 Å². The SMILES string of the molecule is NS(=O)(=O)c1ccc(C#CCC(=O)O)cc1. The van der Waals surface area contributed by atoms with Crippen LogP contribution in [0.1, 0.15) is 12.0 Å². The van der Waals surface area contributed by atoms with Crippen molar-refractivity contribution in [3.05, 3.63) is 29.8 Å². The lowest BCUT2D eigenvalue weighted by atomic mass is 10.2. The summed E-state index contributed by atoms with van der Waals surface area (Å²) in [5.41, 5.74) is 0.536. The summed E-state index contributed by atoms with van der Waals surface area (Å²) in [4.78, 5) is 10.2. The summed E-state index contributed by atoms with van der Waals surface area (Å²) in [7, 11) is -3.70. The molecule has 0 unspecified atom stereocenters. The Morgan fingerprint density at radius 3 is 2.31 bits per heavy atom. The maximum absolute atomic E-state index is 10.9. The van der Waals surface area contributed by atoms with Gasteiger partial charge in [-0.05, 0) is 24.3 Å². The fourth-order valence-electron chi connectivity index (χ4n) is 0.950. The van der Waals surface area contributed by atoms with E-state index in [-0.39, 0.29) is 11.3 Å². The number of nitrogens with two attached hydrogens (primary N) is 1. The lowest BCUT2D eigenvalue weighted by Crippen LogP contribution is -2.11.